The molecule has 0 aliphatic rings. The number of para-hydroxylation sites is 2. The number of hydrogen-bond acceptors (Lipinski definition) is 5. The number of imidazole rings is 1. The first-order chi connectivity index (χ1) is 12.7. The smallest absolute Gasteiger partial charge is 0.306 e. The number of fused-ring (bicyclic) bond motifs is 1. The van der Waals surface area contributed by atoms with Gasteiger partial charge in [0.05, 0.1) is 11.0 Å². The Morgan fingerprint density at radius 3 is 2.62 bits per heavy atom. The molecular weight excluding hydrogens is 330 g/mol. The molecule has 0 aliphatic carbocycles. The van der Waals surface area contributed by atoms with Gasteiger partial charge in [0.2, 0.25) is 0 Å². The van der Waals surface area contributed by atoms with E-state index in [9.17, 15) is 15.2 Å². The first kappa shape index (κ1) is 17.2. The Labute approximate surface area is 150 Å². The largest absolute Gasteiger partial charge is 0.507 e. The van der Waals surface area contributed by atoms with Crippen LogP contribution < -0.4 is 0 Å². The fraction of sp³-hybridized carbons (Fsp3) is 0.150. The minimum atomic E-state index is -0.442. The number of aliphatic hydroxyl groups is 1. The summed E-state index contributed by atoms with van der Waals surface area (Å²) in [4.78, 5) is 19.1. The van der Waals surface area contributed by atoms with Crippen LogP contribution in [0.5, 0.6) is 0 Å². The zero-order valence-corrected chi connectivity index (χ0v) is 14.0. The van der Waals surface area contributed by atoms with Crippen molar-refractivity contribution in [2.45, 2.75) is 12.8 Å². The number of aromatic amines is 1. The molecule has 3 rings (SSSR count). The SMILES string of the molecule is N#C/C(=C(\O)COC(=O)CCc1ccccc1)c1nc2ccccc2[nH]1. The minimum absolute atomic E-state index is 0.0444. The second kappa shape index (κ2) is 7.99. The summed E-state index contributed by atoms with van der Waals surface area (Å²) < 4.78 is 5.06. The van der Waals surface area contributed by atoms with Crippen LogP contribution in [0.15, 0.2) is 60.4 Å². The molecule has 130 valence electrons. The Bertz CT molecular complexity index is 951. The number of esters is 1. The normalized spacial score (nSPS) is 11.7. The third-order valence-electron chi connectivity index (χ3n) is 3.86. The van der Waals surface area contributed by atoms with Gasteiger partial charge >= 0.3 is 5.97 Å². The number of ether oxygens (including phenoxy) is 1. The van der Waals surface area contributed by atoms with E-state index in [1.54, 1.807) is 6.07 Å². The van der Waals surface area contributed by atoms with Crippen LogP contribution in [0.3, 0.4) is 0 Å². The van der Waals surface area contributed by atoms with Gasteiger partial charge in [0, 0.05) is 6.42 Å². The first-order valence-electron chi connectivity index (χ1n) is 8.14. The van der Waals surface area contributed by atoms with Crippen molar-refractivity contribution in [3.8, 4) is 6.07 Å². The number of carbonyl (C=O) groups is 1. The molecule has 2 N–H and O–H groups in total. The molecule has 0 atom stereocenters. The zero-order chi connectivity index (χ0) is 18.4. The molecule has 0 radical (unpaired) electrons. The Morgan fingerprint density at radius 1 is 1.15 bits per heavy atom. The number of aryl methyl sites for hydroxylation is 1. The van der Waals surface area contributed by atoms with Gasteiger partial charge in [-0.15, -0.1) is 0 Å². The maximum absolute atomic E-state index is 11.8. The number of nitrogens with zero attached hydrogens (tertiary/aromatic N) is 2. The molecule has 0 fully saturated rings. The molecule has 0 amide bonds. The van der Waals surface area contributed by atoms with Crippen LogP contribution in [0.4, 0.5) is 0 Å². The van der Waals surface area contributed by atoms with E-state index in [0.717, 1.165) is 11.1 Å². The molecule has 6 nitrogen and oxygen atoms in total. The Morgan fingerprint density at radius 2 is 1.88 bits per heavy atom. The van der Waals surface area contributed by atoms with E-state index < -0.39 is 5.97 Å². The van der Waals surface area contributed by atoms with Crippen molar-refractivity contribution in [1.82, 2.24) is 9.97 Å². The van der Waals surface area contributed by atoms with Crippen LogP contribution in [-0.2, 0) is 16.0 Å². The summed E-state index contributed by atoms with van der Waals surface area (Å²) in [6, 6.07) is 18.8. The number of carbonyl (C=O) groups excluding carboxylic acids is 1. The van der Waals surface area contributed by atoms with Crippen LogP contribution >= 0.6 is 0 Å². The van der Waals surface area contributed by atoms with Gasteiger partial charge in [-0.25, -0.2) is 4.98 Å². The van der Waals surface area contributed by atoms with Crippen LogP contribution in [0.2, 0.25) is 0 Å². The molecule has 0 saturated carbocycles. The third kappa shape index (κ3) is 4.08. The lowest BCUT2D eigenvalue weighted by Crippen LogP contribution is -2.09. The first-order valence-corrected chi connectivity index (χ1v) is 8.14. The lowest BCUT2D eigenvalue weighted by Gasteiger charge is -2.05. The maximum atomic E-state index is 11.8. The van der Waals surface area contributed by atoms with Gasteiger partial charge < -0.3 is 14.8 Å². The van der Waals surface area contributed by atoms with Crippen LogP contribution in [-0.4, -0.2) is 27.7 Å². The van der Waals surface area contributed by atoms with E-state index >= 15 is 0 Å². The van der Waals surface area contributed by atoms with Gasteiger partial charge in [-0.1, -0.05) is 42.5 Å². The maximum Gasteiger partial charge on any atom is 0.306 e. The van der Waals surface area contributed by atoms with E-state index in [0.29, 0.717) is 11.9 Å². The van der Waals surface area contributed by atoms with Crippen molar-refractivity contribution in [3.63, 3.8) is 0 Å². The van der Waals surface area contributed by atoms with Gasteiger partial charge in [-0.2, -0.15) is 5.26 Å². The Balaban J connectivity index is 1.63. The highest BCUT2D eigenvalue weighted by Gasteiger charge is 2.14. The number of rotatable bonds is 6. The summed E-state index contributed by atoms with van der Waals surface area (Å²) >= 11 is 0. The number of aliphatic hydroxyl groups excluding tert-OH is 1. The van der Waals surface area contributed by atoms with Crippen LogP contribution in [0.1, 0.15) is 17.8 Å². The van der Waals surface area contributed by atoms with Crippen molar-refractivity contribution in [1.29, 1.82) is 5.26 Å². The highest BCUT2D eigenvalue weighted by molar-refractivity contribution is 5.83. The van der Waals surface area contributed by atoms with Gasteiger partial charge in [-0.3, -0.25) is 4.79 Å². The molecule has 1 heterocycles. The van der Waals surface area contributed by atoms with Crippen molar-refractivity contribution in [2.24, 2.45) is 0 Å². The fourth-order valence-electron chi connectivity index (χ4n) is 2.51. The summed E-state index contributed by atoms with van der Waals surface area (Å²) in [6.07, 6.45) is 0.753. The monoisotopic (exact) mass is 347 g/mol. The highest BCUT2D eigenvalue weighted by atomic mass is 16.5. The topological polar surface area (TPSA) is 99.0 Å². The van der Waals surface area contributed by atoms with Gasteiger partial charge in [0.15, 0.2) is 11.6 Å². The molecule has 2 aromatic carbocycles. The summed E-state index contributed by atoms with van der Waals surface area (Å²) in [5, 5.41) is 19.5. The van der Waals surface area contributed by atoms with Crippen molar-refractivity contribution in [3.05, 3.63) is 71.7 Å². The molecule has 6 heteroatoms. The molecular formula is C20H17N3O3. The van der Waals surface area contributed by atoms with Crippen molar-refractivity contribution >= 4 is 22.6 Å². The quantitative estimate of drug-likeness (QED) is 0.404. The summed E-state index contributed by atoms with van der Waals surface area (Å²) in [5.41, 5.74) is 2.42. The second-order valence-corrected chi connectivity index (χ2v) is 5.68. The molecule has 26 heavy (non-hydrogen) atoms. The van der Waals surface area contributed by atoms with E-state index in [1.165, 1.54) is 0 Å². The number of nitriles is 1. The number of nitrogens with one attached hydrogen (secondary N) is 1. The molecule has 0 bridgehead atoms. The van der Waals surface area contributed by atoms with E-state index in [4.69, 9.17) is 4.74 Å². The third-order valence-corrected chi connectivity index (χ3v) is 3.86. The summed E-state index contributed by atoms with van der Waals surface area (Å²) in [7, 11) is 0. The van der Waals surface area contributed by atoms with E-state index in [-0.39, 0.29) is 30.2 Å². The van der Waals surface area contributed by atoms with Crippen LogP contribution in [0.25, 0.3) is 16.6 Å². The van der Waals surface area contributed by atoms with E-state index in [1.807, 2.05) is 54.6 Å². The number of benzene rings is 2. The molecule has 0 spiro atoms. The average molecular weight is 347 g/mol. The lowest BCUT2D eigenvalue weighted by atomic mass is 10.1. The second-order valence-electron chi connectivity index (χ2n) is 5.68. The Kier molecular flexibility index (Phi) is 5.30. The molecule has 3 aromatic rings. The number of hydrogen-bond donors (Lipinski definition) is 2. The predicted molar refractivity (Wildman–Crippen MR) is 97.0 cm³/mol. The lowest BCUT2D eigenvalue weighted by molar-refractivity contribution is -0.143. The summed E-state index contributed by atoms with van der Waals surface area (Å²) in [5.74, 6) is -0.534. The van der Waals surface area contributed by atoms with Crippen LogP contribution in [0, 0.1) is 11.3 Å². The zero-order valence-electron chi connectivity index (χ0n) is 14.0. The van der Waals surface area contributed by atoms with Gasteiger partial charge in [-0.05, 0) is 24.1 Å². The molecule has 0 unspecified atom stereocenters. The Hall–Kier alpha value is -3.59. The minimum Gasteiger partial charge on any atom is -0.507 e. The predicted octanol–water partition coefficient (Wildman–Crippen LogP) is 3.53. The number of allylic oxidation sites excluding steroid dienone is 1. The summed E-state index contributed by atoms with van der Waals surface area (Å²) in [6.45, 7) is -0.367. The number of aromatic nitrogens is 2. The number of H-pyrrole nitrogens is 1. The average Bonchev–Trinajstić information content (AvgIpc) is 3.09. The van der Waals surface area contributed by atoms with Gasteiger partial charge in [0.25, 0.3) is 0 Å². The standard InChI is InChI=1S/C20H17N3O3/c21-12-15(20-22-16-8-4-5-9-17(16)23-20)18(24)13-26-19(25)11-10-14-6-2-1-3-7-14/h1-9,24H,10-11,13H2,(H,22,23)/b18-15+. The van der Waals surface area contributed by atoms with Crippen molar-refractivity contribution < 1.29 is 14.6 Å². The molecule has 0 aliphatic heterocycles. The van der Waals surface area contributed by atoms with E-state index in [2.05, 4.69) is 9.97 Å². The molecule has 1 aromatic heterocycles. The van der Waals surface area contributed by atoms with Gasteiger partial charge in [0.1, 0.15) is 18.2 Å². The fourth-order valence-corrected chi connectivity index (χ4v) is 2.51. The van der Waals surface area contributed by atoms with Crippen molar-refractivity contribution in [2.75, 3.05) is 6.61 Å². The highest BCUT2D eigenvalue weighted by Crippen LogP contribution is 2.18. The molecule has 0 saturated heterocycles.